The van der Waals surface area contributed by atoms with Gasteiger partial charge in [0.1, 0.15) is 5.76 Å². The van der Waals surface area contributed by atoms with Crippen LogP contribution in [0.25, 0.3) is 0 Å². The van der Waals surface area contributed by atoms with Crippen molar-refractivity contribution in [3.05, 3.63) is 46.8 Å². The summed E-state index contributed by atoms with van der Waals surface area (Å²) in [6.45, 7) is 13.0. The minimum Gasteiger partial charge on any atom is -0.361 e. The fraction of sp³-hybridized carbons (Fsp3) is 0.545. The predicted molar refractivity (Wildman–Crippen MR) is 139 cm³/mol. The van der Waals surface area contributed by atoms with Crippen molar-refractivity contribution < 1.29 is 12.9 Å². The fourth-order valence-corrected chi connectivity index (χ4v) is 4.82. The normalized spacial score (nSPS) is 12.4. The van der Waals surface area contributed by atoms with E-state index in [9.17, 15) is 8.42 Å². The molecule has 0 radical (unpaired) electrons. The number of aryl methyl sites for hydroxylation is 2. The second kappa shape index (κ2) is 12.5. The van der Waals surface area contributed by atoms with Crippen molar-refractivity contribution in [2.24, 2.45) is 4.99 Å². The van der Waals surface area contributed by atoms with E-state index < -0.39 is 15.6 Å². The zero-order valence-electron chi connectivity index (χ0n) is 19.8. The molecule has 180 valence electrons. The Kier molecular flexibility index (Phi) is 11.1. The van der Waals surface area contributed by atoms with Gasteiger partial charge in [0.05, 0.1) is 17.1 Å². The highest BCUT2D eigenvalue weighted by atomic mass is 127. The Balaban J connectivity index is 0.00000512. The molecule has 2 aromatic rings. The van der Waals surface area contributed by atoms with E-state index in [4.69, 9.17) is 4.52 Å². The summed E-state index contributed by atoms with van der Waals surface area (Å²) in [5, 5.41) is 10.7. The Morgan fingerprint density at radius 1 is 1.09 bits per heavy atom. The van der Waals surface area contributed by atoms with Gasteiger partial charge in [-0.2, -0.15) is 0 Å². The predicted octanol–water partition coefficient (Wildman–Crippen LogP) is 3.75. The number of halogens is 1. The van der Waals surface area contributed by atoms with Crippen LogP contribution < -0.4 is 15.4 Å². The summed E-state index contributed by atoms with van der Waals surface area (Å²) in [5.41, 5.74) is 2.04. The molecule has 0 fully saturated rings. The lowest BCUT2D eigenvalue weighted by atomic mass is 10.1. The summed E-state index contributed by atoms with van der Waals surface area (Å²) < 4.78 is 33.8. The summed E-state index contributed by atoms with van der Waals surface area (Å²) in [4.78, 5) is 4.86. The molecule has 0 saturated heterocycles. The molecule has 0 saturated carbocycles. The highest BCUT2D eigenvalue weighted by molar-refractivity contribution is 14.0. The molecule has 0 unspecified atom stereocenters. The Labute approximate surface area is 209 Å². The Bertz CT molecular complexity index is 976. The lowest BCUT2D eigenvalue weighted by molar-refractivity contribution is 0.380. The molecule has 0 amide bonds. The molecule has 32 heavy (non-hydrogen) atoms. The van der Waals surface area contributed by atoms with Gasteiger partial charge in [-0.1, -0.05) is 37.2 Å². The summed E-state index contributed by atoms with van der Waals surface area (Å²) in [5.74, 6) is 1.47. The standard InChI is InChI=1S/C22H35N5O3S.HI/c1-7-18-17(19(8-2)30-26-18)15-25-21(23-9-3)24-14-16-12-10-11-13-20(16)31(28,29)27-22(4,5)6;/h10-13,27H,7-9,14-15H2,1-6H3,(H2,23,24,25);1H. The number of aromatic nitrogens is 1. The average molecular weight is 578 g/mol. The molecule has 0 aliphatic rings. The molecule has 0 spiro atoms. The van der Waals surface area contributed by atoms with Gasteiger partial charge in [-0.3, -0.25) is 0 Å². The second-order valence-electron chi connectivity index (χ2n) is 8.25. The third kappa shape index (κ3) is 8.04. The molecule has 10 heteroatoms. The van der Waals surface area contributed by atoms with Crippen molar-refractivity contribution in [1.82, 2.24) is 20.5 Å². The van der Waals surface area contributed by atoms with Crippen molar-refractivity contribution in [2.75, 3.05) is 6.54 Å². The molecular formula is C22H36IN5O3S. The number of hydrogen-bond donors (Lipinski definition) is 3. The lowest BCUT2D eigenvalue weighted by Gasteiger charge is -2.21. The minimum absolute atomic E-state index is 0. The van der Waals surface area contributed by atoms with E-state index in [1.807, 2.05) is 47.6 Å². The van der Waals surface area contributed by atoms with E-state index in [2.05, 4.69) is 25.5 Å². The van der Waals surface area contributed by atoms with Gasteiger partial charge in [-0.05, 0) is 45.7 Å². The zero-order chi connectivity index (χ0) is 23.1. The smallest absolute Gasteiger partial charge is 0.241 e. The van der Waals surface area contributed by atoms with E-state index in [0.717, 1.165) is 29.9 Å². The molecule has 1 heterocycles. The van der Waals surface area contributed by atoms with Gasteiger partial charge in [-0.15, -0.1) is 24.0 Å². The summed E-state index contributed by atoms with van der Waals surface area (Å²) >= 11 is 0. The quantitative estimate of drug-likeness (QED) is 0.238. The second-order valence-corrected chi connectivity index (χ2v) is 9.90. The number of benzene rings is 1. The minimum atomic E-state index is -3.66. The third-order valence-corrected chi connectivity index (χ3v) is 6.35. The topological polar surface area (TPSA) is 109 Å². The van der Waals surface area contributed by atoms with Gasteiger partial charge in [-0.25, -0.2) is 18.1 Å². The number of sulfonamides is 1. The molecule has 0 atom stereocenters. The molecular weight excluding hydrogens is 541 g/mol. The summed E-state index contributed by atoms with van der Waals surface area (Å²) in [7, 11) is -3.66. The fourth-order valence-electron chi connectivity index (χ4n) is 3.17. The largest absolute Gasteiger partial charge is 0.361 e. The van der Waals surface area contributed by atoms with Gasteiger partial charge in [0.15, 0.2) is 5.96 Å². The lowest BCUT2D eigenvalue weighted by Crippen LogP contribution is -2.40. The maximum atomic E-state index is 12.9. The SMILES string of the molecule is CCNC(=NCc1ccccc1S(=O)(=O)NC(C)(C)C)NCc1c(CC)noc1CC.I. The Hall–Kier alpha value is -1.66. The Morgan fingerprint density at radius 3 is 2.38 bits per heavy atom. The van der Waals surface area contributed by atoms with Crippen molar-refractivity contribution in [3.8, 4) is 0 Å². The molecule has 0 aliphatic carbocycles. The van der Waals surface area contributed by atoms with Crippen LogP contribution in [0.1, 0.15) is 64.1 Å². The number of aliphatic imine (C=N–C) groups is 1. The van der Waals surface area contributed by atoms with Crippen LogP contribution in [0.4, 0.5) is 0 Å². The van der Waals surface area contributed by atoms with Crippen LogP contribution in [0.15, 0.2) is 38.7 Å². The number of nitrogens with one attached hydrogen (secondary N) is 3. The number of hydrogen-bond acceptors (Lipinski definition) is 5. The van der Waals surface area contributed by atoms with Gasteiger partial charge in [0, 0.05) is 30.6 Å². The first-order valence-corrected chi connectivity index (χ1v) is 12.2. The van der Waals surface area contributed by atoms with Crippen LogP contribution in [0.5, 0.6) is 0 Å². The highest BCUT2D eigenvalue weighted by Gasteiger charge is 2.24. The zero-order valence-corrected chi connectivity index (χ0v) is 22.9. The average Bonchev–Trinajstić information content (AvgIpc) is 3.10. The maximum absolute atomic E-state index is 12.9. The molecule has 3 N–H and O–H groups in total. The molecule has 1 aromatic carbocycles. The van der Waals surface area contributed by atoms with Gasteiger partial charge in [0.2, 0.25) is 10.0 Å². The van der Waals surface area contributed by atoms with Gasteiger partial charge in [0.25, 0.3) is 0 Å². The highest BCUT2D eigenvalue weighted by Crippen LogP contribution is 2.19. The van der Waals surface area contributed by atoms with Crippen LogP contribution in [-0.4, -0.2) is 31.6 Å². The van der Waals surface area contributed by atoms with Crippen molar-refractivity contribution >= 4 is 40.0 Å². The van der Waals surface area contributed by atoms with Crippen molar-refractivity contribution in [1.29, 1.82) is 0 Å². The van der Waals surface area contributed by atoms with E-state index >= 15 is 0 Å². The number of nitrogens with zero attached hydrogens (tertiary/aromatic N) is 2. The van der Waals surface area contributed by atoms with E-state index in [1.54, 1.807) is 18.2 Å². The van der Waals surface area contributed by atoms with Crippen LogP contribution in [0.2, 0.25) is 0 Å². The van der Waals surface area contributed by atoms with Crippen molar-refractivity contribution in [2.45, 2.75) is 77.9 Å². The van der Waals surface area contributed by atoms with E-state index in [1.165, 1.54) is 0 Å². The van der Waals surface area contributed by atoms with Gasteiger partial charge >= 0.3 is 0 Å². The summed E-state index contributed by atoms with van der Waals surface area (Å²) in [6.07, 6.45) is 1.56. The van der Waals surface area contributed by atoms with E-state index in [-0.39, 0.29) is 35.4 Å². The van der Waals surface area contributed by atoms with Crippen LogP contribution in [0, 0.1) is 0 Å². The third-order valence-electron chi connectivity index (χ3n) is 4.49. The monoisotopic (exact) mass is 577 g/mol. The maximum Gasteiger partial charge on any atom is 0.241 e. The van der Waals surface area contributed by atoms with Crippen molar-refractivity contribution in [3.63, 3.8) is 0 Å². The Morgan fingerprint density at radius 2 is 1.78 bits per heavy atom. The van der Waals surface area contributed by atoms with E-state index in [0.29, 0.717) is 24.6 Å². The molecule has 8 nitrogen and oxygen atoms in total. The molecule has 0 aliphatic heterocycles. The molecule has 0 bridgehead atoms. The first-order chi connectivity index (χ1) is 14.6. The molecule has 2 rings (SSSR count). The first kappa shape index (κ1) is 28.4. The number of rotatable bonds is 9. The van der Waals surface area contributed by atoms with Crippen LogP contribution in [-0.2, 0) is 36.0 Å². The van der Waals surface area contributed by atoms with Crippen LogP contribution >= 0.6 is 24.0 Å². The van der Waals surface area contributed by atoms with Gasteiger partial charge < -0.3 is 15.2 Å². The summed E-state index contributed by atoms with van der Waals surface area (Å²) in [6, 6.07) is 6.93. The first-order valence-electron chi connectivity index (χ1n) is 10.7. The number of guanidine groups is 1. The molecule has 1 aromatic heterocycles. The van der Waals surface area contributed by atoms with Crippen LogP contribution in [0.3, 0.4) is 0 Å².